The van der Waals surface area contributed by atoms with Crippen LogP contribution in [0.1, 0.15) is 97.3 Å². The van der Waals surface area contributed by atoms with E-state index in [1.165, 1.54) is 45.2 Å². The molecule has 28 heavy (non-hydrogen) atoms. The molecule has 5 aliphatic rings. The Bertz CT molecular complexity index is 529. The Balaban J connectivity index is 1.28. The number of hydrogen-bond acceptors (Lipinski definition) is 1. The van der Waals surface area contributed by atoms with Crippen LogP contribution < -0.4 is 5.32 Å². The van der Waals surface area contributed by atoms with E-state index in [1.54, 1.807) is 51.4 Å². The van der Waals surface area contributed by atoms with E-state index in [0.29, 0.717) is 5.41 Å². The minimum absolute atomic E-state index is 0.697. The lowest BCUT2D eigenvalue weighted by Gasteiger charge is -2.54. The molecule has 1 N–H and O–H groups in total. The van der Waals surface area contributed by atoms with E-state index in [2.05, 4.69) is 26.4 Å². The van der Waals surface area contributed by atoms with Crippen molar-refractivity contribution in [2.24, 2.45) is 40.9 Å². The van der Waals surface area contributed by atoms with Crippen molar-refractivity contribution in [3.63, 3.8) is 0 Å². The minimum Gasteiger partial charge on any atom is -0.316 e. The van der Waals surface area contributed by atoms with E-state index in [1.807, 2.05) is 0 Å². The van der Waals surface area contributed by atoms with E-state index in [9.17, 15) is 0 Å². The van der Waals surface area contributed by atoms with Gasteiger partial charge >= 0.3 is 0 Å². The van der Waals surface area contributed by atoms with Crippen molar-refractivity contribution >= 4 is 7.28 Å². The van der Waals surface area contributed by atoms with Crippen LogP contribution in [0.15, 0.2) is 0 Å². The van der Waals surface area contributed by atoms with E-state index < -0.39 is 0 Å². The zero-order valence-corrected chi connectivity index (χ0v) is 18.8. The van der Waals surface area contributed by atoms with Gasteiger partial charge in [0.2, 0.25) is 0 Å². The predicted octanol–water partition coefficient (Wildman–Crippen LogP) is 6.72. The first-order valence-corrected chi connectivity index (χ1v) is 13.2. The van der Waals surface area contributed by atoms with Crippen LogP contribution in [0.5, 0.6) is 0 Å². The third-order valence-electron chi connectivity index (χ3n) is 10.7. The highest BCUT2D eigenvalue weighted by molar-refractivity contribution is 6.53. The molecule has 157 valence electrons. The molecule has 5 fully saturated rings. The molecular formula is C26H45BN. The zero-order valence-electron chi connectivity index (χ0n) is 18.8. The fourth-order valence-corrected chi connectivity index (χ4v) is 9.08. The summed E-state index contributed by atoms with van der Waals surface area (Å²) >= 11 is 0. The van der Waals surface area contributed by atoms with Gasteiger partial charge < -0.3 is 5.32 Å². The lowest BCUT2D eigenvalue weighted by Crippen LogP contribution is -2.48. The topological polar surface area (TPSA) is 12.0 Å². The van der Waals surface area contributed by atoms with Crippen LogP contribution in [-0.2, 0) is 0 Å². The molecule has 2 heteroatoms. The molecule has 0 amide bonds. The van der Waals surface area contributed by atoms with Crippen LogP contribution >= 0.6 is 0 Å². The summed E-state index contributed by atoms with van der Waals surface area (Å²) in [7, 11) is 2.63. The van der Waals surface area contributed by atoms with Crippen LogP contribution in [-0.4, -0.2) is 20.4 Å². The molecule has 8 atom stereocenters. The van der Waals surface area contributed by atoms with Crippen LogP contribution in [0.3, 0.4) is 0 Å². The lowest BCUT2D eigenvalue weighted by atomic mass is 9.50. The first kappa shape index (κ1) is 20.0. The van der Waals surface area contributed by atoms with Crippen molar-refractivity contribution < 1.29 is 0 Å². The maximum absolute atomic E-state index is 3.83. The molecule has 1 nitrogen and oxygen atoms in total. The van der Waals surface area contributed by atoms with Crippen LogP contribution in [0, 0.1) is 40.9 Å². The highest BCUT2D eigenvalue weighted by Crippen LogP contribution is 2.60. The molecule has 0 spiro atoms. The average Bonchev–Trinajstić information content (AvgIpc) is 3.31. The number of hydrogen-bond donors (Lipinski definition) is 1. The Labute approximate surface area is 175 Å². The van der Waals surface area contributed by atoms with Crippen LogP contribution in [0.2, 0.25) is 11.6 Å². The van der Waals surface area contributed by atoms with Gasteiger partial charge in [0, 0.05) is 0 Å². The van der Waals surface area contributed by atoms with E-state index in [4.69, 9.17) is 0 Å². The number of rotatable bonds is 3. The molecule has 5 rings (SSSR count). The fourth-order valence-electron chi connectivity index (χ4n) is 9.08. The largest absolute Gasteiger partial charge is 0.316 e. The average molecular weight is 382 g/mol. The lowest BCUT2D eigenvalue weighted by molar-refractivity contribution is -0.0478. The summed E-state index contributed by atoms with van der Waals surface area (Å²) in [5, 5.41) is 3.83. The summed E-state index contributed by atoms with van der Waals surface area (Å²) in [5.74, 6) is 8.07. The summed E-state index contributed by atoms with van der Waals surface area (Å²) in [5.41, 5.74) is 0.697. The summed E-state index contributed by atoms with van der Waals surface area (Å²) in [6.07, 6.45) is 20.1. The molecule has 1 radical (unpaired) electrons. The van der Waals surface area contributed by atoms with Crippen molar-refractivity contribution in [2.45, 2.75) is 109 Å². The first-order chi connectivity index (χ1) is 13.7. The van der Waals surface area contributed by atoms with Gasteiger partial charge in [0.15, 0.2) is 0 Å². The second-order valence-corrected chi connectivity index (χ2v) is 11.9. The smallest absolute Gasteiger partial charge is 0.116 e. The molecule has 2 heterocycles. The Morgan fingerprint density at radius 3 is 2.29 bits per heavy atom. The van der Waals surface area contributed by atoms with E-state index in [0.717, 1.165) is 47.1 Å². The van der Waals surface area contributed by atoms with Crippen LogP contribution in [0.25, 0.3) is 0 Å². The molecular weight excluding hydrogens is 337 g/mol. The Kier molecular flexibility index (Phi) is 5.90. The molecule has 8 unspecified atom stereocenters. The van der Waals surface area contributed by atoms with Gasteiger partial charge in [-0.1, -0.05) is 64.0 Å². The Morgan fingerprint density at radius 1 is 0.750 bits per heavy atom. The predicted molar refractivity (Wildman–Crippen MR) is 121 cm³/mol. The molecule has 3 aliphatic carbocycles. The Morgan fingerprint density at radius 2 is 1.50 bits per heavy atom. The molecule has 0 aromatic heterocycles. The van der Waals surface area contributed by atoms with Crippen LogP contribution in [0.4, 0.5) is 0 Å². The highest BCUT2D eigenvalue weighted by atomic mass is 14.9. The summed E-state index contributed by atoms with van der Waals surface area (Å²) in [4.78, 5) is 0. The Hall–Kier alpha value is 0.0249. The van der Waals surface area contributed by atoms with Gasteiger partial charge in [0.1, 0.15) is 7.28 Å². The number of nitrogens with one attached hydrogen (secondary N) is 1. The molecule has 0 bridgehead atoms. The molecule has 0 aromatic carbocycles. The van der Waals surface area contributed by atoms with E-state index in [-0.39, 0.29) is 0 Å². The normalized spacial score (nSPS) is 50.3. The first-order valence-electron chi connectivity index (χ1n) is 13.2. The maximum Gasteiger partial charge on any atom is 0.116 e. The summed E-state index contributed by atoms with van der Waals surface area (Å²) in [6.45, 7) is 7.64. The highest BCUT2D eigenvalue weighted by Gasteiger charge is 2.53. The number of fused-ring (bicyclic) bond motifs is 1. The maximum atomic E-state index is 3.83. The van der Waals surface area contributed by atoms with E-state index >= 15 is 0 Å². The second-order valence-electron chi connectivity index (χ2n) is 11.9. The van der Waals surface area contributed by atoms with Crippen molar-refractivity contribution in [2.75, 3.05) is 13.1 Å². The third kappa shape index (κ3) is 3.63. The fraction of sp³-hybridized carbons (Fsp3) is 1.00. The van der Waals surface area contributed by atoms with Crippen molar-refractivity contribution in [1.29, 1.82) is 0 Å². The van der Waals surface area contributed by atoms with Gasteiger partial charge in [-0.3, -0.25) is 0 Å². The van der Waals surface area contributed by atoms with Gasteiger partial charge in [-0.25, -0.2) is 0 Å². The summed E-state index contributed by atoms with van der Waals surface area (Å²) in [6, 6.07) is 0. The van der Waals surface area contributed by atoms with Crippen molar-refractivity contribution in [1.82, 2.24) is 5.32 Å². The van der Waals surface area contributed by atoms with Gasteiger partial charge in [0.05, 0.1) is 0 Å². The molecule has 3 saturated carbocycles. The quantitative estimate of drug-likeness (QED) is 0.422. The summed E-state index contributed by atoms with van der Waals surface area (Å²) < 4.78 is 0. The monoisotopic (exact) mass is 382 g/mol. The molecule has 0 aromatic rings. The third-order valence-corrected chi connectivity index (χ3v) is 10.7. The van der Waals surface area contributed by atoms with Crippen molar-refractivity contribution in [3.8, 4) is 0 Å². The standard InChI is InChI=1S/C26H45BN/c1-18-17-28-15-13-24-16-22(12-14-26(18,24)23-8-3-4-9-23)20-6-5-7-21(11-10-20)25-19(2)27-25/h18-25,28H,3-17H2,1-2H3. The van der Waals surface area contributed by atoms with Gasteiger partial charge in [0.25, 0.3) is 0 Å². The zero-order chi connectivity index (χ0) is 19.1. The van der Waals surface area contributed by atoms with Gasteiger partial charge in [-0.15, -0.1) is 0 Å². The molecule has 2 aliphatic heterocycles. The molecule has 2 saturated heterocycles. The van der Waals surface area contributed by atoms with Crippen molar-refractivity contribution in [3.05, 3.63) is 0 Å². The van der Waals surface area contributed by atoms with Gasteiger partial charge in [-0.2, -0.15) is 0 Å². The second kappa shape index (κ2) is 8.28. The van der Waals surface area contributed by atoms with Gasteiger partial charge in [-0.05, 0) is 99.0 Å². The SMILES string of the molecule is CC1[B]C1C1CCCC(C2CCC3(C4CCCC4)C(C)CNCCC3C2)CC1. The minimum atomic E-state index is 0.697.